The zero-order valence-corrected chi connectivity index (χ0v) is 7.83. The van der Waals surface area contributed by atoms with E-state index in [-0.39, 0.29) is 11.6 Å². The first-order valence-electron chi connectivity index (χ1n) is 4.76. The van der Waals surface area contributed by atoms with E-state index in [0.717, 1.165) is 18.5 Å². The fourth-order valence-electron chi connectivity index (χ4n) is 1.70. The molecule has 2 nitrogen and oxygen atoms in total. The van der Waals surface area contributed by atoms with Crippen LogP contribution >= 0.6 is 0 Å². The highest BCUT2D eigenvalue weighted by Crippen LogP contribution is 2.35. The zero-order valence-electron chi connectivity index (χ0n) is 7.83. The summed E-state index contributed by atoms with van der Waals surface area (Å²) < 4.78 is 0. The molecule has 1 aliphatic heterocycles. The molecular formula is C11H15NO. The number of hydrogen-bond acceptors (Lipinski definition) is 2. The van der Waals surface area contributed by atoms with Gasteiger partial charge in [-0.1, -0.05) is 37.3 Å². The van der Waals surface area contributed by atoms with Gasteiger partial charge >= 0.3 is 0 Å². The number of hydrogen-bond donors (Lipinski definition) is 2. The Morgan fingerprint density at radius 3 is 2.54 bits per heavy atom. The van der Waals surface area contributed by atoms with E-state index in [0.29, 0.717) is 0 Å². The molecule has 0 saturated carbocycles. The molecule has 1 heterocycles. The molecule has 13 heavy (non-hydrogen) atoms. The summed E-state index contributed by atoms with van der Waals surface area (Å²) >= 11 is 0. The van der Waals surface area contributed by atoms with E-state index in [1.807, 2.05) is 30.3 Å². The summed E-state index contributed by atoms with van der Waals surface area (Å²) in [5.41, 5.74) is 0.968. The van der Waals surface area contributed by atoms with E-state index in [1.165, 1.54) is 0 Å². The molecule has 1 aliphatic rings. The number of rotatable bonds is 3. The highest BCUT2D eigenvalue weighted by Gasteiger charge is 2.47. The first kappa shape index (κ1) is 8.73. The van der Waals surface area contributed by atoms with Gasteiger partial charge in [-0.3, -0.25) is 0 Å². The first-order valence-corrected chi connectivity index (χ1v) is 4.76. The van der Waals surface area contributed by atoms with E-state index in [9.17, 15) is 5.11 Å². The minimum atomic E-state index is -0.362. The van der Waals surface area contributed by atoms with Crippen molar-refractivity contribution in [3.8, 4) is 0 Å². The lowest BCUT2D eigenvalue weighted by Crippen LogP contribution is -2.24. The van der Waals surface area contributed by atoms with Crippen molar-refractivity contribution in [2.45, 2.75) is 25.0 Å². The van der Waals surface area contributed by atoms with Crippen molar-refractivity contribution >= 4 is 0 Å². The predicted octanol–water partition coefficient (Wildman–Crippen LogP) is 1.47. The topological polar surface area (TPSA) is 42.2 Å². The summed E-state index contributed by atoms with van der Waals surface area (Å²) in [6.45, 7) is 3.03. The van der Waals surface area contributed by atoms with Crippen molar-refractivity contribution in [1.29, 1.82) is 0 Å². The molecule has 2 rings (SSSR count). The average molecular weight is 177 g/mol. The van der Waals surface area contributed by atoms with Gasteiger partial charge in [-0.15, -0.1) is 0 Å². The molecule has 70 valence electrons. The minimum Gasteiger partial charge on any atom is -0.386 e. The molecule has 2 N–H and O–H groups in total. The van der Waals surface area contributed by atoms with Crippen molar-refractivity contribution in [2.75, 3.05) is 6.54 Å². The average Bonchev–Trinajstić information content (AvgIpc) is 2.99. The summed E-state index contributed by atoms with van der Waals surface area (Å²) in [4.78, 5) is 0. The second-order valence-corrected chi connectivity index (χ2v) is 3.68. The Balaban J connectivity index is 2.18. The van der Waals surface area contributed by atoms with Crippen LogP contribution in [0, 0.1) is 0 Å². The SMILES string of the molecule is CCC1(C(O)c2ccccc2)CN1. The summed E-state index contributed by atoms with van der Waals surface area (Å²) in [7, 11) is 0. The van der Waals surface area contributed by atoms with Crippen LogP contribution in [0.2, 0.25) is 0 Å². The highest BCUT2D eigenvalue weighted by molar-refractivity contribution is 5.25. The highest BCUT2D eigenvalue weighted by atomic mass is 16.3. The third-order valence-corrected chi connectivity index (χ3v) is 2.90. The van der Waals surface area contributed by atoms with Gasteiger partial charge in [0.25, 0.3) is 0 Å². The molecule has 0 bridgehead atoms. The van der Waals surface area contributed by atoms with Crippen molar-refractivity contribution in [2.24, 2.45) is 0 Å². The number of aliphatic hydroxyl groups excluding tert-OH is 1. The van der Waals surface area contributed by atoms with Gasteiger partial charge in [0.05, 0.1) is 11.6 Å². The maximum Gasteiger partial charge on any atom is 0.0983 e. The fraction of sp³-hybridized carbons (Fsp3) is 0.455. The smallest absolute Gasteiger partial charge is 0.0983 e. The van der Waals surface area contributed by atoms with Crippen LogP contribution in [0.3, 0.4) is 0 Å². The van der Waals surface area contributed by atoms with Gasteiger partial charge in [0.1, 0.15) is 0 Å². The molecule has 1 aromatic rings. The van der Waals surface area contributed by atoms with E-state index < -0.39 is 0 Å². The van der Waals surface area contributed by atoms with Gasteiger partial charge in [0.15, 0.2) is 0 Å². The summed E-state index contributed by atoms with van der Waals surface area (Å²) in [5.74, 6) is 0. The van der Waals surface area contributed by atoms with Gasteiger partial charge in [-0.25, -0.2) is 0 Å². The van der Waals surface area contributed by atoms with E-state index in [2.05, 4.69) is 12.2 Å². The maximum atomic E-state index is 10.0. The van der Waals surface area contributed by atoms with Crippen LogP contribution in [0.25, 0.3) is 0 Å². The molecule has 1 aromatic carbocycles. The molecule has 0 aromatic heterocycles. The lowest BCUT2D eigenvalue weighted by atomic mass is 9.93. The van der Waals surface area contributed by atoms with Gasteiger partial charge in [0.2, 0.25) is 0 Å². The van der Waals surface area contributed by atoms with Crippen molar-refractivity contribution in [3.05, 3.63) is 35.9 Å². The molecule has 0 amide bonds. The van der Waals surface area contributed by atoms with Crippen molar-refractivity contribution in [1.82, 2.24) is 5.32 Å². The Morgan fingerprint density at radius 1 is 1.46 bits per heavy atom. The molecule has 1 saturated heterocycles. The quantitative estimate of drug-likeness (QED) is 0.686. The standard InChI is InChI=1S/C11H15NO/c1-2-11(8-12-11)10(13)9-6-4-3-5-7-9/h3-7,10,12-13H,2,8H2,1H3. The number of benzene rings is 1. The molecule has 0 radical (unpaired) electrons. The van der Waals surface area contributed by atoms with E-state index in [1.54, 1.807) is 0 Å². The Morgan fingerprint density at radius 2 is 2.08 bits per heavy atom. The lowest BCUT2D eigenvalue weighted by molar-refractivity contribution is 0.129. The van der Waals surface area contributed by atoms with Crippen molar-refractivity contribution in [3.63, 3.8) is 0 Å². The van der Waals surface area contributed by atoms with Gasteiger partial charge < -0.3 is 10.4 Å². The van der Waals surface area contributed by atoms with Gasteiger partial charge in [-0.2, -0.15) is 0 Å². The Kier molecular flexibility index (Phi) is 2.10. The van der Waals surface area contributed by atoms with Crippen LogP contribution < -0.4 is 5.32 Å². The Bertz CT molecular complexity index is 279. The maximum absolute atomic E-state index is 10.0. The van der Waals surface area contributed by atoms with Crippen LogP contribution in [-0.4, -0.2) is 17.2 Å². The lowest BCUT2D eigenvalue weighted by Gasteiger charge is -2.19. The summed E-state index contributed by atoms with van der Waals surface area (Å²) in [6.07, 6.45) is 0.613. The molecule has 0 aliphatic carbocycles. The number of nitrogens with one attached hydrogen (secondary N) is 1. The Labute approximate surface area is 78.6 Å². The van der Waals surface area contributed by atoms with Gasteiger partial charge in [-0.05, 0) is 12.0 Å². The number of aliphatic hydroxyl groups is 1. The molecular weight excluding hydrogens is 162 g/mol. The van der Waals surface area contributed by atoms with E-state index >= 15 is 0 Å². The molecule has 2 unspecified atom stereocenters. The third-order valence-electron chi connectivity index (χ3n) is 2.90. The van der Waals surface area contributed by atoms with Crippen molar-refractivity contribution < 1.29 is 5.11 Å². The molecule has 2 atom stereocenters. The van der Waals surface area contributed by atoms with Crippen LogP contribution in [0.1, 0.15) is 25.0 Å². The normalized spacial score (nSPS) is 28.5. The van der Waals surface area contributed by atoms with Crippen LogP contribution in [0.4, 0.5) is 0 Å². The van der Waals surface area contributed by atoms with Crippen LogP contribution in [0.5, 0.6) is 0 Å². The van der Waals surface area contributed by atoms with Gasteiger partial charge in [0, 0.05) is 6.54 Å². The first-order chi connectivity index (χ1) is 6.28. The van der Waals surface area contributed by atoms with E-state index in [4.69, 9.17) is 0 Å². The summed E-state index contributed by atoms with van der Waals surface area (Å²) in [6, 6.07) is 9.84. The monoisotopic (exact) mass is 177 g/mol. The molecule has 0 spiro atoms. The van der Waals surface area contributed by atoms with Crippen LogP contribution in [0.15, 0.2) is 30.3 Å². The zero-order chi connectivity index (χ0) is 9.31. The minimum absolute atomic E-state index is 0.0403. The third kappa shape index (κ3) is 1.47. The fourth-order valence-corrected chi connectivity index (χ4v) is 1.70. The second-order valence-electron chi connectivity index (χ2n) is 3.68. The largest absolute Gasteiger partial charge is 0.386 e. The molecule has 2 heteroatoms. The summed E-state index contributed by atoms with van der Waals surface area (Å²) in [5, 5.41) is 13.3. The predicted molar refractivity (Wildman–Crippen MR) is 52.4 cm³/mol. The molecule has 1 fully saturated rings. The Hall–Kier alpha value is -0.860. The second kappa shape index (κ2) is 3.13. The van der Waals surface area contributed by atoms with Crippen LogP contribution in [-0.2, 0) is 0 Å².